The Morgan fingerprint density at radius 2 is 2.05 bits per heavy atom. The van der Waals surface area contributed by atoms with E-state index in [4.69, 9.17) is 0 Å². The van der Waals surface area contributed by atoms with Gasteiger partial charge >= 0.3 is 5.97 Å². The van der Waals surface area contributed by atoms with E-state index in [1.165, 1.54) is 29.5 Å². The van der Waals surface area contributed by atoms with Crippen LogP contribution < -0.4 is 0 Å². The number of hydrogen-bond acceptors (Lipinski definition) is 2. The van der Waals surface area contributed by atoms with Crippen molar-refractivity contribution in [2.24, 2.45) is 0 Å². The fourth-order valence-corrected chi connectivity index (χ4v) is 3.93. The lowest BCUT2D eigenvalue weighted by atomic mass is 10.0. The van der Waals surface area contributed by atoms with Crippen molar-refractivity contribution in [1.29, 1.82) is 0 Å². The van der Waals surface area contributed by atoms with E-state index < -0.39 is 5.97 Å². The van der Waals surface area contributed by atoms with Gasteiger partial charge in [0, 0.05) is 12.1 Å². The number of fused-ring (bicyclic) bond motifs is 1. The van der Waals surface area contributed by atoms with Gasteiger partial charge < -0.3 is 5.11 Å². The number of carbonyl (C=O) groups is 1. The summed E-state index contributed by atoms with van der Waals surface area (Å²) >= 11 is 0. The minimum atomic E-state index is -0.696. The van der Waals surface area contributed by atoms with Crippen LogP contribution in [-0.4, -0.2) is 28.6 Å². The minimum Gasteiger partial charge on any atom is -0.480 e. The summed E-state index contributed by atoms with van der Waals surface area (Å²) in [5, 5.41) is 9.27. The second-order valence-corrected chi connectivity index (χ2v) is 6.26. The van der Waals surface area contributed by atoms with Gasteiger partial charge in [-0.05, 0) is 43.7 Å². The molecule has 3 heteroatoms. The number of benzene rings is 1. The Kier molecular flexibility index (Phi) is 3.79. The zero-order chi connectivity index (χ0) is 14.1. The van der Waals surface area contributed by atoms with Gasteiger partial charge in [0.1, 0.15) is 0 Å². The van der Waals surface area contributed by atoms with Gasteiger partial charge in [-0.3, -0.25) is 9.69 Å². The summed E-state index contributed by atoms with van der Waals surface area (Å²) in [6.45, 7) is 2.30. The van der Waals surface area contributed by atoms with Gasteiger partial charge in [-0.15, -0.1) is 0 Å². The normalized spacial score (nSPS) is 22.4. The molecule has 0 radical (unpaired) electrons. The fraction of sp³-hybridized carbons (Fsp3) is 0.588. The van der Waals surface area contributed by atoms with Crippen molar-refractivity contribution in [2.75, 3.05) is 6.54 Å². The van der Waals surface area contributed by atoms with Crippen LogP contribution in [0.5, 0.6) is 0 Å². The highest BCUT2D eigenvalue weighted by Gasteiger charge is 2.34. The topological polar surface area (TPSA) is 40.5 Å². The zero-order valence-corrected chi connectivity index (χ0v) is 12.1. The van der Waals surface area contributed by atoms with Crippen molar-refractivity contribution in [2.45, 2.75) is 57.5 Å². The van der Waals surface area contributed by atoms with E-state index >= 15 is 0 Å². The first kappa shape index (κ1) is 13.6. The molecule has 108 valence electrons. The van der Waals surface area contributed by atoms with Crippen LogP contribution in [0, 0.1) is 6.92 Å². The maximum Gasteiger partial charge on any atom is 0.317 e. The Morgan fingerprint density at radius 3 is 2.75 bits per heavy atom. The number of rotatable bonds is 4. The molecule has 1 atom stereocenters. The largest absolute Gasteiger partial charge is 0.480 e. The summed E-state index contributed by atoms with van der Waals surface area (Å²) in [4.78, 5) is 13.5. The number of aryl methyl sites for hydroxylation is 2. The van der Waals surface area contributed by atoms with E-state index in [-0.39, 0.29) is 6.54 Å². The van der Waals surface area contributed by atoms with Crippen LogP contribution in [0.3, 0.4) is 0 Å². The van der Waals surface area contributed by atoms with Crippen LogP contribution in [-0.2, 0) is 11.2 Å². The van der Waals surface area contributed by atoms with E-state index in [0.29, 0.717) is 12.1 Å². The average Bonchev–Trinajstić information content (AvgIpc) is 3.05. The zero-order valence-electron chi connectivity index (χ0n) is 12.1. The highest BCUT2D eigenvalue weighted by Crippen LogP contribution is 2.39. The van der Waals surface area contributed by atoms with Crippen LogP contribution in [0.2, 0.25) is 0 Å². The van der Waals surface area contributed by atoms with Crippen molar-refractivity contribution in [3.05, 3.63) is 34.9 Å². The first-order valence-corrected chi connectivity index (χ1v) is 7.72. The van der Waals surface area contributed by atoms with Crippen molar-refractivity contribution >= 4 is 5.97 Å². The van der Waals surface area contributed by atoms with Crippen molar-refractivity contribution < 1.29 is 9.90 Å². The maximum atomic E-state index is 11.3. The van der Waals surface area contributed by atoms with E-state index in [9.17, 15) is 9.90 Å². The second-order valence-electron chi connectivity index (χ2n) is 6.26. The molecule has 20 heavy (non-hydrogen) atoms. The van der Waals surface area contributed by atoms with Crippen molar-refractivity contribution in [1.82, 2.24) is 4.90 Å². The monoisotopic (exact) mass is 273 g/mol. The SMILES string of the molecule is Cc1ccc2c(c1)C(N(CC(=O)O)C1CCCC1)CC2. The molecule has 0 amide bonds. The third-order valence-corrected chi connectivity index (χ3v) is 4.86. The Labute approximate surface area is 120 Å². The van der Waals surface area contributed by atoms with Gasteiger partial charge in [0.15, 0.2) is 0 Å². The van der Waals surface area contributed by atoms with Gasteiger partial charge in [-0.25, -0.2) is 0 Å². The lowest BCUT2D eigenvalue weighted by Crippen LogP contribution is -2.39. The predicted molar refractivity (Wildman–Crippen MR) is 78.8 cm³/mol. The lowest BCUT2D eigenvalue weighted by Gasteiger charge is -2.33. The Hall–Kier alpha value is -1.35. The molecule has 2 aliphatic rings. The summed E-state index contributed by atoms with van der Waals surface area (Å²) in [5.74, 6) is -0.696. The third kappa shape index (κ3) is 2.59. The van der Waals surface area contributed by atoms with Crippen LogP contribution in [0.15, 0.2) is 18.2 Å². The molecule has 0 aliphatic heterocycles. The molecule has 1 aromatic carbocycles. The molecule has 0 bridgehead atoms. The van der Waals surface area contributed by atoms with Crippen LogP contribution in [0.1, 0.15) is 54.8 Å². The van der Waals surface area contributed by atoms with Gasteiger partial charge in [0.25, 0.3) is 0 Å². The number of nitrogens with zero attached hydrogens (tertiary/aromatic N) is 1. The van der Waals surface area contributed by atoms with Crippen molar-refractivity contribution in [3.63, 3.8) is 0 Å². The Balaban J connectivity index is 1.89. The maximum absolute atomic E-state index is 11.3. The second kappa shape index (κ2) is 5.57. The Bertz CT molecular complexity index is 506. The first-order valence-electron chi connectivity index (χ1n) is 7.72. The molecule has 0 spiro atoms. The molecular formula is C17H23NO2. The van der Waals surface area contributed by atoms with Crippen molar-refractivity contribution in [3.8, 4) is 0 Å². The van der Waals surface area contributed by atoms with Gasteiger partial charge in [0.2, 0.25) is 0 Å². The number of carboxylic acid groups (broad SMARTS) is 1. The summed E-state index contributed by atoms with van der Waals surface area (Å²) in [6, 6.07) is 7.42. The number of carboxylic acids is 1. The smallest absolute Gasteiger partial charge is 0.317 e. The van der Waals surface area contributed by atoms with Crippen LogP contribution in [0.25, 0.3) is 0 Å². The van der Waals surface area contributed by atoms with Gasteiger partial charge in [-0.1, -0.05) is 36.6 Å². The van der Waals surface area contributed by atoms with Gasteiger partial charge in [0.05, 0.1) is 6.54 Å². The van der Waals surface area contributed by atoms with E-state index in [2.05, 4.69) is 30.0 Å². The molecule has 1 saturated carbocycles. The fourth-order valence-electron chi connectivity index (χ4n) is 3.93. The Morgan fingerprint density at radius 1 is 1.30 bits per heavy atom. The molecule has 1 fully saturated rings. The molecule has 0 aromatic heterocycles. The molecule has 3 rings (SSSR count). The molecule has 0 heterocycles. The molecule has 1 unspecified atom stereocenters. The molecule has 0 saturated heterocycles. The average molecular weight is 273 g/mol. The summed E-state index contributed by atoms with van der Waals surface area (Å²) in [6.07, 6.45) is 6.96. The summed E-state index contributed by atoms with van der Waals surface area (Å²) in [7, 11) is 0. The van der Waals surface area contributed by atoms with E-state index in [1.807, 2.05) is 0 Å². The van der Waals surface area contributed by atoms with E-state index in [1.54, 1.807) is 0 Å². The molecule has 3 nitrogen and oxygen atoms in total. The molecule has 1 N–H and O–H groups in total. The highest BCUT2D eigenvalue weighted by atomic mass is 16.4. The molecule has 1 aromatic rings. The number of hydrogen-bond donors (Lipinski definition) is 1. The van der Waals surface area contributed by atoms with Crippen LogP contribution in [0.4, 0.5) is 0 Å². The van der Waals surface area contributed by atoms with E-state index in [0.717, 1.165) is 25.7 Å². The molecular weight excluding hydrogens is 250 g/mol. The predicted octanol–water partition coefficient (Wildman–Crippen LogP) is 3.31. The minimum absolute atomic E-state index is 0.183. The standard InChI is InChI=1S/C17H23NO2/c1-12-6-7-13-8-9-16(15(13)10-12)18(11-17(19)20)14-4-2-3-5-14/h6-7,10,14,16H,2-5,8-9,11H2,1H3,(H,19,20). The lowest BCUT2D eigenvalue weighted by molar-refractivity contribution is -0.139. The summed E-state index contributed by atoms with van der Waals surface area (Å²) in [5.41, 5.74) is 4.06. The molecule has 2 aliphatic carbocycles. The van der Waals surface area contributed by atoms with Gasteiger partial charge in [-0.2, -0.15) is 0 Å². The van der Waals surface area contributed by atoms with Crippen LogP contribution >= 0.6 is 0 Å². The summed E-state index contributed by atoms with van der Waals surface area (Å²) < 4.78 is 0. The number of aliphatic carboxylic acids is 1. The highest BCUT2D eigenvalue weighted by molar-refractivity contribution is 5.69. The quantitative estimate of drug-likeness (QED) is 0.915. The first-order chi connectivity index (χ1) is 9.65. The third-order valence-electron chi connectivity index (χ3n) is 4.86.